The highest BCUT2D eigenvalue weighted by Gasteiger charge is 2.31. The third-order valence-corrected chi connectivity index (χ3v) is 8.87. The predicted molar refractivity (Wildman–Crippen MR) is 171 cm³/mol. The molecule has 2 aromatic heterocycles. The molecule has 4 aromatic rings. The second kappa shape index (κ2) is 13.2. The number of hydrogen-bond acceptors (Lipinski definition) is 8. The first-order valence-corrected chi connectivity index (χ1v) is 15.3. The normalized spacial score (nSPS) is 19.6. The Morgan fingerprint density at radius 1 is 1.13 bits per heavy atom. The first-order chi connectivity index (χ1) is 21.7. The number of likely N-dealkylation sites (N-methyl/N-ethyl adjacent to an activating group) is 1. The minimum atomic E-state index is -0.928. The van der Waals surface area contributed by atoms with Crippen molar-refractivity contribution in [2.75, 3.05) is 65.0 Å². The smallest absolute Gasteiger partial charge is 0.319 e. The van der Waals surface area contributed by atoms with Crippen LogP contribution < -0.4 is 9.64 Å². The van der Waals surface area contributed by atoms with Crippen LogP contribution in [0.4, 0.5) is 14.6 Å². The standard InChI is InChI=1S/C33H35ClF2N6O3/c1-20(10-15-44-3)32(43)42-13-11-41(12-14-42)31-25-17-37-29(24-8-4-6-21-7-5-9-26(34)27(21)24)28(36)30(25)38-33(39-31)45-19-23-16-22(35)18-40(23)2/h4-10,17,22-23H,11-16,18-19H2,1-3H3/b20-10+/t22-,23+/m1/s1. The summed E-state index contributed by atoms with van der Waals surface area (Å²) in [7, 11) is 3.43. The topological polar surface area (TPSA) is 83.9 Å². The molecule has 0 radical (unpaired) electrons. The SMILES string of the molecule is COC/C=C(\C)C(=O)N1CCN(c2nc(OC[C@@H]3C[C@@H](F)CN3C)nc3c(F)c(-c4cccc5cccc(Cl)c45)ncc23)CC1. The number of alkyl halides is 1. The van der Waals surface area contributed by atoms with Gasteiger partial charge in [-0.25, -0.2) is 8.78 Å². The Morgan fingerprint density at radius 2 is 1.89 bits per heavy atom. The predicted octanol–water partition coefficient (Wildman–Crippen LogP) is 5.30. The number of pyridine rings is 1. The van der Waals surface area contributed by atoms with Crippen LogP contribution in [0.25, 0.3) is 32.9 Å². The summed E-state index contributed by atoms with van der Waals surface area (Å²) in [4.78, 5) is 32.4. The van der Waals surface area contributed by atoms with Gasteiger partial charge in [-0.3, -0.25) is 14.7 Å². The van der Waals surface area contributed by atoms with Crippen molar-refractivity contribution in [1.82, 2.24) is 24.8 Å². The van der Waals surface area contributed by atoms with Gasteiger partial charge in [0.15, 0.2) is 5.82 Å². The van der Waals surface area contributed by atoms with Gasteiger partial charge in [-0.1, -0.05) is 48.0 Å². The Labute approximate surface area is 265 Å². The number of methoxy groups -OCH3 is 1. The fourth-order valence-corrected chi connectivity index (χ4v) is 6.33. The molecule has 9 nitrogen and oxygen atoms in total. The summed E-state index contributed by atoms with van der Waals surface area (Å²) < 4.78 is 41.7. The molecule has 2 saturated heterocycles. The number of benzene rings is 2. The number of rotatable bonds is 8. The fraction of sp³-hybridized carbons (Fsp3) is 0.394. The van der Waals surface area contributed by atoms with Gasteiger partial charge in [-0.15, -0.1) is 0 Å². The van der Waals surface area contributed by atoms with Crippen LogP contribution in [-0.2, 0) is 9.53 Å². The third-order valence-electron chi connectivity index (χ3n) is 8.55. The number of nitrogens with zero attached hydrogens (tertiary/aromatic N) is 6. The zero-order chi connectivity index (χ0) is 31.7. The Bertz CT molecular complexity index is 1760. The van der Waals surface area contributed by atoms with Crippen LogP contribution in [0, 0.1) is 5.82 Å². The molecule has 0 N–H and O–H groups in total. The molecular formula is C33H35ClF2N6O3. The molecule has 0 bridgehead atoms. The van der Waals surface area contributed by atoms with Gasteiger partial charge in [0, 0.05) is 73.6 Å². The van der Waals surface area contributed by atoms with E-state index in [0.717, 1.165) is 5.39 Å². The number of carbonyl (C=O) groups is 1. The van der Waals surface area contributed by atoms with E-state index >= 15 is 4.39 Å². The maximum absolute atomic E-state index is 16.6. The summed E-state index contributed by atoms with van der Waals surface area (Å²) in [6.07, 6.45) is 2.76. The minimum absolute atomic E-state index is 0.00272. The summed E-state index contributed by atoms with van der Waals surface area (Å²) in [6, 6.07) is 10.9. The van der Waals surface area contributed by atoms with Gasteiger partial charge in [0.05, 0.1) is 12.0 Å². The first kappa shape index (κ1) is 31.1. The van der Waals surface area contributed by atoms with E-state index in [1.165, 1.54) is 0 Å². The number of fused-ring (bicyclic) bond motifs is 2. The lowest BCUT2D eigenvalue weighted by molar-refractivity contribution is -0.127. The number of anilines is 1. The van der Waals surface area contributed by atoms with E-state index in [2.05, 4.69) is 9.97 Å². The summed E-state index contributed by atoms with van der Waals surface area (Å²) in [5.74, 6) is -0.213. The number of aromatic nitrogens is 3. The van der Waals surface area contributed by atoms with Gasteiger partial charge in [0.1, 0.15) is 29.8 Å². The number of piperazine rings is 1. The highest BCUT2D eigenvalue weighted by atomic mass is 35.5. The zero-order valence-electron chi connectivity index (χ0n) is 25.5. The summed E-state index contributed by atoms with van der Waals surface area (Å²) in [5.41, 5.74) is 1.34. The number of halogens is 3. The highest BCUT2D eigenvalue weighted by molar-refractivity contribution is 6.36. The maximum atomic E-state index is 16.6. The molecule has 1 amide bonds. The van der Waals surface area contributed by atoms with Crippen molar-refractivity contribution < 1.29 is 23.0 Å². The van der Waals surface area contributed by atoms with Crippen molar-refractivity contribution in [2.24, 2.45) is 0 Å². The number of ether oxygens (including phenoxy) is 2. The van der Waals surface area contributed by atoms with E-state index in [0.29, 0.717) is 78.5 Å². The summed E-state index contributed by atoms with van der Waals surface area (Å²) in [6.45, 7) is 4.46. The van der Waals surface area contributed by atoms with E-state index in [1.807, 2.05) is 41.1 Å². The molecule has 2 aliphatic rings. The van der Waals surface area contributed by atoms with Crippen molar-refractivity contribution >= 4 is 45.0 Å². The number of likely N-dealkylation sites (tertiary alicyclic amines) is 1. The van der Waals surface area contributed by atoms with Crippen molar-refractivity contribution in [3.63, 3.8) is 0 Å². The molecule has 45 heavy (non-hydrogen) atoms. The molecule has 2 aliphatic heterocycles. The van der Waals surface area contributed by atoms with Gasteiger partial charge in [0.25, 0.3) is 0 Å². The van der Waals surface area contributed by atoms with E-state index in [1.54, 1.807) is 43.3 Å². The molecule has 0 aliphatic carbocycles. The van der Waals surface area contributed by atoms with Crippen LogP contribution in [-0.4, -0.2) is 103 Å². The van der Waals surface area contributed by atoms with Gasteiger partial charge >= 0.3 is 6.01 Å². The van der Waals surface area contributed by atoms with Crippen molar-refractivity contribution in [3.8, 4) is 17.3 Å². The summed E-state index contributed by atoms with van der Waals surface area (Å²) >= 11 is 6.57. The number of amides is 1. The quantitative estimate of drug-likeness (QED) is 0.241. The second-order valence-corrected chi connectivity index (χ2v) is 11.9. The average molecular weight is 637 g/mol. The van der Waals surface area contributed by atoms with Gasteiger partial charge in [-0.2, -0.15) is 9.97 Å². The molecule has 6 rings (SSSR count). The van der Waals surface area contributed by atoms with Crippen LogP contribution in [0.3, 0.4) is 0 Å². The second-order valence-electron chi connectivity index (χ2n) is 11.5. The zero-order valence-corrected chi connectivity index (χ0v) is 26.2. The van der Waals surface area contributed by atoms with Crippen LogP contribution in [0.15, 0.2) is 54.2 Å². The fourth-order valence-electron chi connectivity index (χ4n) is 6.05. The maximum Gasteiger partial charge on any atom is 0.319 e. The lowest BCUT2D eigenvalue weighted by Gasteiger charge is -2.36. The van der Waals surface area contributed by atoms with Crippen LogP contribution in [0.5, 0.6) is 6.01 Å². The summed E-state index contributed by atoms with van der Waals surface area (Å²) in [5, 5.41) is 2.47. The van der Waals surface area contributed by atoms with Crippen molar-refractivity contribution in [2.45, 2.75) is 25.6 Å². The monoisotopic (exact) mass is 636 g/mol. The van der Waals surface area contributed by atoms with Crippen molar-refractivity contribution in [1.29, 1.82) is 0 Å². The molecule has 236 valence electrons. The van der Waals surface area contributed by atoms with E-state index in [9.17, 15) is 9.18 Å². The first-order valence-electron chi connectivity index (χ1n) is 15.0. The van der Waals surface area contributed by atoms with Crippen LogP contribution in [0.1, 0.15) is 13.3 Å². The molecule has 2 fully saturated rings. The molecule has 12 heteroatoms. The molecular weight excluding hydrogens is 602 g/mol. The Kier molecular flexibility index (Phi) is 9.11. The lowest BCUT2D eigenvalue weighted by atomic mass is 10.0. The molecule has 4 heterocycles. The van der Waals surface area contributed by atoms with E-state index in [4.69, 9.17) is 26.1 Å². The minimum Gasteiger partial charge on any atom is -0.462 e. The Hall–Kier alpha value is -3.93. The third kappa shape index (κ3) is 6.29. The molecule has 0 unspecified atom stereocenters. The lowest BCUT2D eigenvalue weighted by Crippen LogP contribution is -2.49. The molecule has 0 saturated carbocycles. The average Bonchev–Trinajstić information content (AvgIpc) is 3.38. The van der Waals surface area contributed by atoms with Crippen molar-refractivity contribution in [3.05, 3.63) is 65.1 Å². The van der Waals surface area contributed by atoms with Crippen LogP contribution >= 0.6 is 11.6 Å². The number of hydrogen-bond donors (Lipinski definition) is 0. The van der Waals surface area contributed by atoms with E-state index < -0.39 is 12.0 Å². The number of carbonyl (C=O) groups excluding carboxylic acids is 1. The molecule has 2 aromatic carbocycles. The van der Waals surface area contributed by atoms with E-state index in [-0.39, 0.29) is 35.8 Å². The van der Waals surface area contributed by atoms with Crippen LogP contribution in [0.2, 0.25) is 5.02 Å². The highest BCUT2D eigenvalue weighted by Crippen LogP contribution is 2.37. The van der Waals surface area contributed by atoms with Gasteiger partial charge < -0.3 is 19.3 Å². The Morgan fingerprint density at radius 3 is 2.60 bits per heavy atom. The molecule has 0 spiro atoms. The Balaban J connectivity index is 1.37. The van der Waals surface area contributed by atoms with Gasteiger partial charge in [-0.05, 0) is 31.8 Å². The van der Waals surface area contributed by atoms with Gasteiger partial charge in [0.2, 0.25) is 5.91 Å². The largest absolute Gasteiger partial charge is 0.462 e. The molecule has 2 atom stereocenters.